The number of rotatable bonds is 2. The Labute approximate surface area is 108 Å². The molecule has 0 aliphatic heterocycles. The lowest BCUT2D eigenvalue weighted by Crippen LogP contribution is -2.12. The van der Waals surface area contributed by atoms with Gasteiger partial charge < -0.3 is 5.32 Å². The number of hydrogen-bond acceptors (Lipinski definition) is 3. The van der Waals surface area contributed by atoms with Crippen LogP contribution in [0.1, 0.15) is 10.4 Å². The Kier molecular flexibility index (Phi) is 3.56. The zero-order valence-corrected chi connectivity index (χ0v) is 10.0. The van der Waals surface area contributed by atoms with E-state index in [1.165, 1.54) is 6.20 Å². The van der Waals surface area contributed by atoms with Crippen LogP contribution in [0.15, 0.2) is 36.5 Å². The molecule has 1 aromatic heterocycles. The van der Waals surface area contributed by atoms with Gasteiger partial charge in [-0.25, -0.2) is 9.97 Å². The average molecular weight is 268 g/mol. The van der Waals surface area contributed by atoms with Gasteiger partial charge in [0.05, 0.1) is 0 Å². The number of hydrogen-bond donors (Lipinski definition) is 1. The van der Waals surface area contributed by atoms with Crippen molar-refractivity contribution in [2.45, 2.75) is 0 Å². The van der Waals surface area contributed by atoms with Crippen molar-refractivity contribution in [2.75, 3.05) is 5.32 Å². The molecule has 0 radical (unpaired) electrons. The van der Waals surface area contributed by atoms with Crippen LogP contribution >= 0.6 is 23.2 Å². The highest BCUT2D eigenvalue weighted by molar-refractivity contribution is 6.31. The molecule has 0 saturated carbocycles. The average Bonchev–Trinajstić information content (AvgIpc) is 2.29. The van der Waals surface area contributed by atoms with Crippen molar-refractivity contribution in [1.82, 2.24) is 9.97 Å². The molecule has 2 aromatic rings. The molecule has 86 valence electrons. The molecular formula is C11H7Cl2N3O. The van der Waals surface area contributed by atoms with E-state index in [0.717, 1.165) is 0 Å². The second kappa shape index (κ2) is 5.12. The summed E-state index contributed by atoms with van der Waals surface area (Å²) in [5.74, 6) is 0.0391. The summed E-state index contributed by atoms with van der Waals surface area (Å²) in [6.45, 7) is 0. The molecule has 1 N–H and O–H groups in total. The zero-order valence-electron chi connectivity index (χ0n) is 8.52. The fourth-order valence-corrected chi connectivity index (χ4v) is 1.56. The summed E-state index contributed by atoms with van der Waals surface area (Å²) in [4.78, 5) is 19.4. The standard InChI is InChI=1S/C11H7Cl2N3O/c12-8-3-1-2-7(6-8)10(17)15-9-4-5-14-11(13)16-9/h1-6H,(H,14,15,16,17). The van der Waals surface area contributed by atoms with Crippen LogP contribution in [0.2, 0.25) is 10.3 Å². The minimum atomic E-state index is -0.303. The smallest absolute Gasteiger partial charge is 0.256 e. The van der Waals surface area contributed by atoms with Gasteiger partial charge in [-0.05, 0) is 35.9 Å². The normalized spacial score (nSPS) is 10.0. The number of nitrogens with zero attached hydrogens (tertiary/aromatic N) is 2. The van der Waals surface area contributed by atoms with E-state index in [9.17, 15) is 4.79 Å². The lowest BCUT2D eigenvalue weighted by Gasteiger charge is -2.04. The summed E-state index contributed by atoms with van der Waals surface area (Å²) in [6.07, 6.45) is 1.46. The number of carbonyl (C=O) groups is 1. The van der Waals surface area contributed by atoms with Crippen molar-refractivity contribution in [2.24, 2.45) is 0 Å². The molecule has 0 bridgehead atoms. The van der Waals surface area contributed by atoms with Gasteiger partial charge in [-0.2, -0.15) is 0 Å². The van der Waals surface area contributed by atoms with E-state index < -0.39 is 0 Å². The Morgan fingerprint density at radius 3 is 2.76 bits per heavy atom. The van der Waals surface area contributed by atoms with Gasteiger partial charge in [0.1, 0.15) is 5.82 Å². The molecule has 0 unspecified atom stereocenters. The van der Waals surface area contributed by atoms with Gasteiger partial charge >= 0.3 is 0 Å². The Morgan fingerprint density at radius 2 is 2.06 bits per heavy atom. The van der Waals surface area contributed by atoms with Crippen molar-refractivity contribution in [1.29, 1.82) is 0 Å². The van der Waals surface area contributed by atoms with Crippen molar-refractivity contribution in [3.05, 3.63) is 52.4 Å². The highest BCUT2D eigenvalue weighted by atomic mass is 35.5. The van der Waals surface area contributed by atoms with Crippen LogP contribution in [0.3, 0.4) is 0 Å². The molecule has 6 heteroatoms. The number of anilines is 1. The molecule has 1 aromatic carbocycles. The Morgan fingerprint density at radius 1 is 1.24 bits per heavy atom. The van der Waals surface area contributed by atoms with Crippen molar-refractivity contribution < 1.29 is 4.79 Å². The van der Waals surface area contributed by atoms with E-state index in [2.05, 4.69) is 15.3 Å². The first-order valence-corrected chi connectivity index (χ1v) is 5.46. The van der Waals surface area contributed by atoms with Crippen LogP contribution in [0.4, 0.5) is 5.82 Å². The van der Waals surface area contributed by atoms with Gasteiger partial charge in [-0.15, -0.1) is 0 Å². The number of carbonyl (C=O) groups excluding carboxylic acids is 1. The van der Waals surface area contributed by atoms with E-state index >= 15 is 0 Å². The van der Waals surface area contributed by atoms with Crippen molar-refractivity contribution >= 4 is 34.9 Å². The summed E-state index contributed by atoms with van der Waals surface area (Å²) in [6, 6.07) is 8.17. The minimum absolute atomic E-state index is 0.0777. The maximum Gasteiger partial charge on any atom is 0.256 e. The highest BCUT2D eigenvalue weighted by Gasteiger charge is 2.07. The molecule has 17 heavy (non-hydrogen) atoms. The summed E-state index contributed by atoms with van der Waals surface area (Å²) < 4.78 is 0. The van der Waals surface area contributed by atoms with Crippen molar-refractivity contribution in [3.8, 4) is 0 Å². The van der Waals surface area contributed by atoms with Gasteiger partial charge in [0.25, 0.3) is 5.91 Å². The third-order valence-electron chi connectivity index (χ3n) is 1.95. The molecule has 0 spiro atoms. The van der Waals surface area contributed by atoms with Crippen LogP contribution in [0.5, 0.6) is 0 Å². The number of halogens is 2. The molecule has 4 nitrogen and oxygen atoms in total. The molecule has 2 rings (SSSR count). The quantitative estimate of drug-likeness (QED) is 0.851. The third kappa shape index (κ3) is 3.15. The lowest BCUT2D eigenvalue weighted by molar-refractivity contribution is 0.102. The van der Waals surface area contributed by atoms with Gasteiger partial charge in [0.2, 0.25) is 5.28 Å². The van der Waals surface area contributed by atoms with Gasteiger partial charge in [0, 0.05) is 16.8 Å². The van der Waals surface area contributed by atoms with Gasteiger partial charge in [-0.1, -0.05) is 17.7 Å². The zero-order chi connectivity index (χ0) is 12.3. The Balaban J connectivity index is 2.17. The molecule has 1 heterocycles. The highest BCUT2D eigenvalue weighted by Crippen LogP contribution is 2.13. The van der Waals surface area contributed by atoms with Crippen LogP contribution in [-0.2, 0) is 0 Å². The first-order chi connectivity index (χ1) is 8.15. The summed E-state index contributed by atoms with van der Waals surface area (Å²) in [5.41, 5.74) is 0.451. The number of benzene rings is 1. The summed E-state index contributed by atoms with van der Waals surface area (Å²) in [7, 11) is 0. The third-order valence-corrected chi connectivity index (χ3v) is 2.37. The number of amides is 1. The second-order valence-electron chi connectivity index (χ2n) is 3.18. The lowest BCUT2D eigenvalue weighted by atomic mass is 10.2. The predicted octanol–water partition coefficient (Wildman–Crippen LogP) is 3.04. The summed E-state index contributed by atoms with van der Waals surface area (Å²) >= 11 is 11.4. The van der Waals surface area contributed by atoms with Gasteiger partial charge in [-0.3, -0.25) is 4.79 Å². The van der Waals surface area contributed by atoms with E-state index in [1.54, 1.807) is 30.3 Å². The molecule has 0 atom stereocenters. The fourth-order valence-electron chi connectivity index (χ4n) is 1.22. The maximum atomic E-state index is 11.8. The molecule has 0 saturated heterocycles. The molecule has 0 aliphatic carbocycles. The second-order valence-corrected chi connectivity index (χ2v) is 3.95. The molecule has 1 amide bonds. The fraction of sp³-hybridized carbons (Fsp3) is 0. The van der Waals surface area contributed by atoms with E-state index in [4.69, 9.17) is 23.2 Å². The molecule has 0 aliphatic rings. The van der Waals surface area contributed by atoms with E-state index in [0.29, 0.717) is 16.4 Å². The Bertz CT molecular complexity index is 560. The number of nitrogens with one attached hydrogen (secondary N) is 1. The molecule has 0 fully saturated rings. The van der Waals surface area contributed by atoms with Crippen LogP contribution in [0, 0.1) is 0 Å². The number of aromatic nitrogens is 2. The van der Waals surface area contributed by atoms with Crippen LogP contribution in [-0.4, -0.2) is 15.9 Å². The first-order valence-electron chi connectivity index (χ1n) is 4.70. The topological polar surface area (TPSA) is 54.9 Å². The van der Waals surface area contributed by atoms with E-state index in [1.807, 2.05) is 0 Å². The maximum absolute atomic E-state index is 11.8. The largest absolute Gasteiger partial charge is 0.306 e. The molecular weight excluding hydrogens is 261 g/mol. The van der Waals surface area contributed by atoms with Crippen LogP contribution < -0.4 is 5.32 Å². The summed E-state index contributed by atoms with van der Waals surface area (Å²) in [5, 5.41) is 3.17. The Hall–Kier alpha value is -1.65. The van der Waals surface area contributed by atoms with Crippen LogP contribution in [0.25, 0.3) is 0 Å². The predicted molar refractivity (Wildman–Crippen MR) is 66.4 cm³/mol. The minimum Gasteiger partial charge on any atom is -0.306 e. The SMILES string of the molecule is O=C(Nc1ccnc(Cl)n1)c1cccc(Cl)c1. The van der Waals surface area contributed by atoms with E-state index in [-0.39, 0.29) is 11.2 Å². The van der Waals surface area contributed by atoms with Gasteiger partial charge in [0.15, 0.2) is 0 Å². The van der Waals surface area contributed by atoms with Crippen molar-refractivity contribution in [3.63, 3.8) is 0 Å². The monoisotopic (exact) mass is 267 g/mol. The first kappa shape index (κ1) is 11.8.